The summed E-state index contributed by atoms with van der Waals surface area (Å²) >= 11 is 6.27. The van der Waals surface area contributed by atoms with E-state index in [0.29, 0.717) is 16.2 Å². The number of nitrogens with one attached hydrogen (secondary N) is 1. The minimum absolute atomic E-state index is 0.119. The van der Waals surface area contributed by atoms with Crippen molar-refractivity contribution in [2.24, 2.45) is 0 Å². The Balaban J connectivity index is 1.72. The van der Waals surface area contributed by atoms with E-state index in [1.165, 1.54) is 10.5 Å². The van der Waals surface area contributed by atoms with Crippen molar-refractivity contribution in [1.82, 2.24) is 4.90 Å². The molecule has 1 aliphatic rings. The molecule has 0 fully saturated rings. The molecule has 4 nitrogen and oxygen atoms in total. The second-order valence-corrected chi connectivity index (χ2v) is 7.49. The van der Waals surface area contributed by atoms with Gasteiger partial charge in [-0.05, 0) is 41.3 Å². The largest absolute Gasteiger partial charge is 0.350 e. The molecule has 2 amide bonds. The van der Waals surface area contributed by atoms with E-state index in [-0.39, 0.29) is 24.1 Å². The van der Waals surface area contributed by atoms with Crippen molar-refractivity contribution in [1.29, 1.82) is 0 Å². The second kappa shape index (κ2) is 8.56. The Morgan fingerprint density at radius 3 is 2.17 bits per heavy atom. The Hall–Kier alpha value is -3.37. The van der Waals surface area contributed by atoms with Crippen LogP contribution in [0.2, 0.25) is 5.02 Å². The Labute approximate surface area is 180 Å². The molecular weight excluding hydrogens is 396 g/mol. The number of anilines is 1. The maximum atomic E-state index is 13.3. The van der Waals surface area contributed by atoms with Crippen LogP contribution < -0.4 is 5.32 Å². The minimum Gasteiger partial charge on any atom is -0.350 e. The number of aryl methyl sites for hydroxylation is 1. The number of carbonyl (C=O) groups is 2. The van der Waals surface area contributed by atoms with E-state index in [9.17, 15) is 9.59 Å². The molecule has 0 unspecified atom stereocenters. The van der Waals surface area contributed by atoms with Gasteiger partial charge in [0.1, 0.15) is 5.70 Å². The van der Waals surface area contributed by atoms with Gasteiger partial charge in [-0.3, -0.25) is 14.5 Å². The molecule has 5 heteroatoms. The van der Waals surface area contributed by atoms with Gasteiger partial charge in [0.25, 0.3) is 11.8 Å². The van der Waals surface area contributed by atoms with E-state index in [2.05, 4.69) is 12.2 Å². The van der Waals surface area contributed by atoms with Crippen LogP contribution in [0.15, 0.2) is 84.6 Å². The molecule has 0 aliphatic carbocycles. The maximum absolute atomic E-state index is 13.3. The highest BCUT2D eigenvalue weighted by molar-refractivity contribution is 6.36. The molecule has 1 aliphatic heterocycles. The number of hydrogen-bond donors (Lipinski definition) is 1. The van der Waals surface area contributed by atoms with Crippen molar-refractivity contribution in [3.8, 4) is 0 Å². The van der Waals surface area contributed by atoms with Crippen LogP contribution >= 0.6 is 11.6 Å². The number of hydrogen-bond acceptors (Lipinski definition) is 3. The fraction of sp³-hybridized carbons (Fsp3) is 0.120. The molecule has 4 rings (SSSR count). The zero-order valence-electron chi connectivity index (χ0n) is 16.6. The van der Waals surface area contributed by atoms with Gasteiger partial charge in [-0.15, -0.1) is 0 Å². The molecule has 1 N–H and O–H groups in total. The predicted octanol–water partition coefficient (Wildman–Crippen LogP) is 5.29. The SMILES string of the molecule is CCc1ccc(NC2=C(c3ccccc3)C(=O)N(Cc3ccccc3Cl)C2=O)cc1. The first kappa shape index (κ1) is 19.9. The Kier molecular flexibility index (Phi) is 5.68. The summed E-state index contributed by atoms with van der Waals surface area (Å²) in [4.78, 5) is 27.8. The van der Waals surface area contributed by atoms with Crippen LogP contribution in [0, 0.1) is 0 Å². The highest BCUT2D eigenvalue weighted by Gasteiger charge is 2.39. The summed E-state index contributed by atoms with van der Waals surface area (Å²) < 4.78 is 0. The smallest absolute Gasteiger partial charge is 0.278 e. The molecule has 0 spiro atoms. The summed E-state index contributed by atoms with van der Waals surface area (Å²) in [7, 11) is 0. The van der Waals surface area contributed by atoms with Crippen molar-refractivity contribution in [3.05, 3.63) is 106 Å². The van der Waals surface area contributed by atoms with E-state index in [0.717, 1.165) is 17.7 Å². The quantitative estimate of drug-likeness (QED) is 0.555. The number of rotatable bonds is 6. The van der Waals surface area contributed by atoms with Crippen LogP contribution in [0.3, 0.4) is 0 Å². The first-order chi connectivity index (χ1) is 14.6. The fourth-order valence-corrected chi connectivity index (χ4v) is 3.67. The number of benzene rings is 3. The van der Waals surface area contributed by atoms with E-state index in [4.69, 9.17) is 11.6 Å². The molecular formula is C25H21ClN2O2. The van der Waals surface area contributed by atoms with Gasteiger partial charge in [0.2, 0.25) is 0 Å². The van der Waals surface area contributed by atoms with Gasteiger partial charge >= 0.3 is 0 Å². The van der Waals surface area contributed by atoms with Gasteiger partial charge in [-0.25, -0.2) is 0 Å². The normalized spacial score (nSPS) is 13.9. The van der Waals surface area contributed by atoms with E-state index >= 15 is 0 Å². The van der Waals surface area contributed by atoms with E-state index in [1.807, 2.05) is 72.8 Å². The van der Waals surface area contributed by atoms with E-state index in [1.54, 1.807) is 6.07 Å². The lowest BCUT2D eigenvalue weighted by Gasteiger charge is -2.16. The van der Waals surface area contributed by atoms with Crippen molar-refractivity contribution in [2.45, 2.75) is 19.9 Å². The molecule has 0 saturated carbocycles. The minimum atomic E-state index is -0.363. The third-order valence-corrected chi connectivity index (χ3v) is 5.52. The number of nitrogens with zero attached hydrogens (tertiary/aromatic N) is 1. The summed E-state index contributed by atoms with van der Waals surface area (Å²) in [5.41, 5.74) is 4.03. The van der Waals surface area contributed by atoms with Gasteiger partial charge < -0.3 is 5.32 Å². The van der Waals surface area contributed by atoms with Crippen molar-refractivity contribution in [2.75, 3.05) is 5.32 Å². The number of imide groups is 1. The molecule has 0 aromatic heterocycles. The zero-order chi connectivity index (χ0) is 21.1. The Bertz CT molecular complexity index is 1120. The summed E-state index contributed by atoms with van der Waals surface area (Å²) in [5.74, 6) is -0.697. The van der Waals surface area contributed by atoms with Crippen LogP contribution in [0.25, 0.3) is 5.57 Å². The topological polar surface area (TPSA) is 49.4 Å². The maximum Gasteiger partial charge on any atom is 0.278 e. The fourth-order valence-electron chi connectivity index (χ4n) is 3.47. The molecule has 0 saturated heterocycles. The highest BCUT2D eigenvalue weighted by Crippen LogP contribution is 2.32. The lowest BCUT2D eigenvalue weighted by Crippen LogP contribution is -2.32. The average Bonchev–Trinajstić information content (AvgIpc) is 3.00. The third kappa shape index (κ3) is 3.87. The summed E-state index contributed by atoms with van der Waals surface area (Å²) in [6.07, 6.45) is 0.932. The molecule has 30 heavy (non-hydrogen) atoms. The molecule has 0 atom stereocenters. The van der Waals surface area contributed by atoms with Gasteiger partial charge in [-0.2, -0.15) is 0 Å². The molecule has 0 bridgehead atoms. The summed E-state index contributed by atoms with van der Waals surface area (Å²) in [6.45, 7) is 2.21. The van der Waals surface area contributed by atoms with E-state index < -0.39 is 0 Å². The van der Waals surface area contributed by atoms with Crippen molar-refractivity contribution in [3.63, 3.8) is 0 Å². The highest BCUT2D eigenvalue weighted by atomic mass is 35.5. The lowest BCUT2D eigenvalue weighted by molar-refractivity contribution is -0.137. The van der Waals surface area contributed by atoms with Crippen molar-refractivity contribution < 1.29 is 9.59 Å². The Morgan fingerprint density at radius 1 is 0.833 bits per heavy atom. The molecule has 3 aromatic carbocycles. The van der Waals surface area contributed by atoms with Gasteiger partial charge in [0, 0.05) is 10.7 Å². The lowest BCUT2D eigenvalue weighted by atomic mass is 10.0. The monoisotopic (exact) mass is 416 g/mol. The number of halogens is 1. The van der Waals surface area contributed by atoms with Crippen LogP contribution in [0.4, 0.5) is 5.69 Å². The van der Waals surface area contributed by atoms with Crippen LogP contribution in [-0.2, 0) is 22.6 Å². The molecule has 3 aromatic rings. The van der Waals surface area contributed by atoms with Crippen LogP contribution in [0.1, 0.15) is 23.6 Å². The average molecular weight is 417 g/mol. The van der Waals surface area contributed by atoms with Crippen LogP contribution in [0.5, 0.6) is 0 Å². The molecule has 150 valence electrons. The Morgan fingerprint density at radius 2 is 1.50 bits per heavy atom. The van der Waals surface area contributed by atoms with Crippen LogP contribution in [-0.4, -0.2) is 16.7 Å². The van der Waals surface area contributed by atoms with Gasteiger partial charge in [0.05, 0.1) is 12.1 Å². The standard InChI is InChI=1S/C25H21ClN2O2/c1-2-17-12-14-20(15-13-17)27-23-22(18-8-4-3-5-9-18)24(29)28(25(23)30)16-19-10-6-7-11-21(19)26/h3-15,27H,2,16H2,1H3. The third-order valence-electron chi connectivity index (χ3n) is 5.15. The first-order valence-corrected chi connectivity index (χ1v) is 10.2. The molecule has 0 radical (unpaired) electrons. The summed E-state index contributed by atoms with van der Waals surface area (Å²) in [5, 5.41) is 3.71. The van der Waals surface area contributed by atoms with Crippen molar-refractivity contribution >= 4 is 34.7 Å². The molecule has 1 heterocycles. The summed E-state index contributed by atoms with van der Waals surface area (Å²) in [6, 6.07) is 24.3. The first-order valence-electron chi connectivity index (χ1n) is 9.83. The zero-order valence-corrected chi connectivity index (χ0v) is 17.3. The van der Waals surface area contributed by atoms with Gasteiger partial charge in [0.15, 0.2) is 0 Å². The second-order valence-electron chi connectivity index (χ2n) is 7.08. The predicted molar refractivity (Wildman–Crippen MR) is 120 cm³/mol. The number of amides is 2. The number of carbonyl (C=O) groups excluding carboxylic acids is 2. The van der Waals surface area contributed by atoms with Gasteiger partial charge in [-0.1, -0.05) is 79.2 Å².